The third-order valence-electron chi connectivity index (χ3n) is 8.32. The summed E-state index contributed by atoms with van der Waals surface area (Å²) in [5.41, 5.74) is 1.45. The molecular weight excluding hydrogens is 504 g/mol. The summed E-state index contributed by atoms with van der Waals surface area (Å²) in [7, 11) is 0. The molecule has 2 aromatic rings. The van der Waals surface area contributed by atoms with Crippen LogP contribution in [0.5, 0.6) is 5.75 Å². The molecule has 1 heterocycles. The zero-order valence-electron chi connectivity index (χ0n) is 25.4. The largest absolute Gasteiger partial charge is 0.507 e. The maximum absolute atomic E-state index is 14.0. The second kappa shape index (κ2) is 12.4. The van der Waals surface area contributed by atoms with Crippen LogP contribution < -0.4 is 5.32 Å². The van der Waals surface area contributed by atoms with Crippen molar-refractivity contribution >= 4 is 23.2 Å². The Morgan fingerprint density at radius 1 is 1.00 bits per heavy atom. The Morgan fingerprint density at radius 3 is 2.08 bits per heavy atom. The van der Waals surface area contributed by atoms with E-state index in [2.05, 4.69) is 59.0 Å². The van der Waals surface area contributed by atoms with Crippen LogP contribution in [-0.2, 0) is 33.4 Å². The summed E-state index contributed by atoms with van der Waals surface area (Å²) in [5.74, 6) is 0.285. The molecule has 1 aliphatic carbocycles. The van der Waals surface area contributed by atoms with Crippen LogP contribution in [0.4, 0.5) is 0 Å². The lowest BCUT2D eigenvalue weighted by atomic mass is 9.78. The van der Waals surface area contributed by atoms with E-state index >= 15 is 0 Å². The molecule has 1 fully saturated rings. The van der Waals surface area contributed by atoms with Gasteiger partial charge in [-0.15, -0.1) is 11.3 Å². The SMILES string of the molecule is CCC(C)(C(=O)NC1CCCCC1)N(Cc1cccs1)C(=O)CCc1cc(C(C)(C)C)c(O)c(C(C)(C)C)c1. The van der Waals surface area contributed by atoms with Crippen LogP contribution in [-0.4, -0.2) is 33.4 Å². The topological polar surface area (TPSA) is 69.6 Å². The molecule has 2 amide bonds. The third kappa shape index (κ3) is 7.65. The van der Waals surface area contributed by atoms with E-state index in [4.69, 9.17) is 0 Å². The van der Waals surface area contributed by atoms with Crippen molar-refractivity contribution in [2.45, 2.75) is 136 Å². The van der Waals surface area contributed by atoms with E-state index in [1.54, 1.807) is 11.3 Å². The number of nitrogens with one attached hydrogen (secondary N) is 1. The molecule has 3 rings (SSSR count). The number of aryl methyl sites for hydroxylation is 1. The van der Waals surface area contributed by atoms with E-state index in [0.29, 0.717) is 31.6 Å². The Balaban J connectivity index is 1.89. The first-order valence-corrected chi connectivity index (χ1v) is 15.6. The number of hydrogen-bond acceptors (Lipinski definition) is 4. The van der Waals surface area contributed by atoms with Crippen molar-refractivity contribution in [1.29, 1.82) is 0 Å². The average molecular weight is 555 g/mol. The molecule has 1 atom stereocenters. The van der Waals surface area contributed by atoms with Crippen LogP contribution in [0.1, 0.15) is 122 Å². The van der Waals surface area contributed by atoms with Gasteiger partial charge in [-0.05, 0) is 71.6 Å². The first-order chi connectivity index (χ1) is 18.2. The second-order valence-electron chi connectivity index (χ2n) is 13.5. The van der Waals surface area contributed by atoms with Crippen molar-refractivity contribution in [3.8, 4) is 5.75 Å². The highest BCUT2D eigenvalue weighted by Crippen LogP contribution is 2.40. The van der Waals surface area contributed by atoms with E-state index in [9.17, 15) is 14.7 Å². The number of phenols is 1. The molecule has 0 radical (unpaired) electrons. The number of aromatic hydroxyl groups is 1. The molecule has 5 nitrogen and oxygen atoms in total. The zero-order valence-corrected chi connectivity index (χ0v) is 26.3. The predicted octanol–water partition coefficient (Wildman–Crippen LogP) is 7.63. The number of carbonyl (C=O) groups is 2. The molecule has 0 spiro atoms. The Kier molecular flexibility index (Phi) is 9.96. The lowest BCUT2D eigenvalue weighted by molar-refractivity contribution is -0.148. The molecule has 216 valence electrons. The maximum Gasteiger partial charge on any atom is 0.245 e. The van der Waals surface area contributed by atoms with Crippen LogP contribution in [0.15, 0.2) is 29.6 Å². The average Bonchev–Trinajstić information content (AvgIpc) is 3.38. The standard InChI is InChI=1S/C33H50N2O3S/c1-9-33(8,30(38)34-24-14-11-10-12-15-24)35(22-25-16-13-19-39-25)28(36)18-17-23-20-26(31(2,3)4)29(37)27(21-23)32(5,6)7/h13,16,19-21,24,37H,9-12,14-15,17-18,22H2,1-8H3,(H,34,38). The Labute approximate surface area is 240 Å². The highest BCUT2D eigenvalue weighted by atomic mass is 32.1. The number of thiophene rings is 1. The predicted molar refractivity (Wildman–Crippen MR) is 162 cm³/mol. The van der Waals surface area contributed by atoms with Gasteiger partial charge in [-0.3, -0.25) is 9.59 Å². The minimum Gasteiger partial charge on any atom is -0.507 e. The minimum absolute atomic E-state index is 0.0192. The number of amides is 2. The Hall–Kier alpha value is -2.34. The Bertz CT molecular complexity index is 1090. The van der Waals surface area contributed by atoms with Crippen molar-refractivity contribution in [2.24, 2.45) is 0 Å². The summed E-state index contributed by atoms with van der Waals surface area (Å²) in [6, 6.07) is 8.32. The number of phenolic OH excluding ortho intramolecular Hbond substituents is 1. The van der Waals surface area contributed by atoms with Gasteiger partial charge < -0.3 is 15.3 Å². The van der Waals surface area contributed by atoms with Gasteiger partial charge in [0.2, 0.25) is 11.8 Å². The highest BCUT2D eigenvalue weighted by Gasteiger charge is 2.41. The molecule has 39 heavy (non-hydrogen) atoms. The molecule has 0 aliphatic heterocycles. The summed E-state index contributed by atoms with van der Waals surface area (Å²) in [4.78, 5) is 30.6. The first-order valence-electron chi connectivity index (χ1n) is 14.7. The van der Waals surface area contributed by atoms with E-state index in [1.807, 2.05) is 36.3 Å². The number of hydrogen-bond donors (Lipinski definition) is 2. The number of nitrogens with zero attached hydrogens (tertiary/aromatic N) is 1. The van der Waals surface area contributed by atoms with Gasteiger partial charge in [0, 0.05) is 17.3 Å². The van der Waals surface area contributed by atoms with E-state index in [0.717, 1.165) is 47.3 Å². The molecule has 1 unspecified atom stereocenters. The molecule has 1 aromatic carbocycles. The van der Waals surface area contributed by atoms with Crippen molar-refractivity contribution in [3.05, 3.63) is 51.2 Å². The summed E-state index contributed by atoms with van der Waals surface area (Å²) < 4.78 is 0. The van der Waals surface area contributed by atoms with Crippen LogP contribution in [0.25, 0.3) is 0 Å². The summed E-state index contributed by atoms with van der Waals surface area (Å²) in [6.07, 6.45) is 6.94. The van der Waals surface area contributed by atoms with Gasteiger partial charge in [0.1, 0.15) is 11.3 Å². The van der Waals surface area contributed by atoms with Gasteiger partial charge in [0.25, 0.3) is 0 Å². The normalized spacial score (nSPS) is 16.5. The van der Waals surface area contributed by atoms with Gasteiger partial charge in [0.05, 0.1) is 6.54 Å². The highest BCUT2D eigenvalue weighted by molar-refractivity contribution is 7.09. The van der Waals surface area contributed by atoms with Gasteiger partial charge in [0.15, 0.2) is 0 Å². The third-order valence-corrected chi connectivity index (χ3v) is 9.18. The fraction of sp³-hybridized carbons (Fsp3) is 0.636. The van der Waals surface area contributed by atoms with Crippen molar-refractivity contribution in [2.75, 3.05) is 0 Å². The fourth-order valence-corrected chi connectivity index (χ4v) is 6.22. The first kappa shape index (κ1) is 31.2. The monoisotopic (exact) mass is 554 g/mol. The fourth-order valence-electron chi connectivity index (χ4n) is 5.53. The molecule has 1 aromatic heterocycles. The van der Waals surface area contributed by atoms with Crippen LogP contribution in [0.3, 0.4) is 0 Å². The van der Waals surface area contributed by atoms with Gasteiger partial charge >= 0.3 is 0 Å². The lowest BCUT2D eigenvalue weighted by Crippen LogP contribution is -2.59. The van der Waals surface area contributed by atoms with E-state index in [-0.39, 0.29) is 28.7 Å². The van der Waals surface area contributed by atoms with Crippen LogP contribution in [0.2, 0.25) is 0 Å². The van der Waals surface area contributed by atoms with Crippen molar-refractivity contribution < 1.29 is 14.7 Å². The smallest absolute Gasteiger partial charge is 0.245 e. The molecule has 1 aliphatic rings. The van der Waals surface area contributed by atoms with Crippen molar-refractivity contribution in [3.63, 3.8) is 0 Å². The quantitative estimate of drug-likeness (QED) is 0.335. The molecular formula is C33H50N2O3S. The summed E-state index contributed by atoms with van der Waals surface area (Å²) >= 11 is 1.61. The van der Waals surface area contributed by atoms with Crippen LogP contribution in [0, 0.1) is 0 Å². The minimum atomic E-state index is -0.930. The van der Waals surface area contributed by atoms with Gasteiger partial charge in [-0.2, -0.15) is 0 Å². The molecule has 2 N–H and O–H groups in total. The molecule has 6 heteroatoms. The van der Waals surface area contributed by atoms with Crippen LogP contribution >= 0.6 is 11.3 Å². The molecule has 1 saturated carbocycles. The van der Waals surface area contributed by atoms with Gasteiger partial charge in [-0.25, -0.2) is 0 Å². The molecule has 0 saturated heterocycles. The van der Waals surface area contributed by atoms with E-state index < -0.39 is 5.54 Å². The number of rotatable bonds is 9. The number of carbonyl (C=O) groups excluding carboxylic acids is 2. The maximum atomic E-state index is 14.0. The van der Waals surface area contributed by atoms with Crippen molar-refractivity contribution in [1.82, 2.24) is 10.2 Å². The number of benzene rings is 1. The summed E-state index contributed by atoms with van der Waals surface area (Å²) in [6.45, 7) is 17.0. The second-order valence-corrected chi connectivity index (χ2v) is 14.6. The Morgan fingerprint density at radius 2 is 1.59 bits per heavy atom. The van der Waals surface area contributed by atoms with E-state index in [1.165, 1.54) is 6.42 Å². The zero-order chi connectivity index (χ0) is 29.0. The summed E-state index contributed by atoms with van der Waals surface area (Å²) in [5, 5.41) is 16.4. The molecule has 0 bridgehead atoms. The lowest BCUT2D eigenvalue weighted by Gasteiger charge is -2.41. The van der Waals surface area contributed by atoms with Gasteiger partial charge in [-0.1, -0.05) is 85.9 Å².